The number of rotatable bonds is 3. The number of hydrogen-bond acceptors (Lipinski definition) is 4. The summed E-state index contributed by atoms with van der Waals surface area (Å²) in [6.45, 7) is 7.88. The molecule has 0 aromatic heterocycles. The van der Waals surface area contributed by atoms with Crippen LogP contribution in [0, 0.1) is 35.0 Å². The summed E-state index contributed by atoms with van der Waals surface area (Å²) in [5.74, 6) is -9.56. The van der Waals surface area contributed by atoms with Gasteiger partial charge >= 0.3 is 0 Å². The summed E-state index contributed by atoms with van der Waals surface area (Å²) < 4.78 is 70.9. The van der Waals surface area contributed by atoms with Gasteiger partial charge in [-0.25, -0.2) is 22.0 Å². The molecule has 26 heavy (non-hydrogen) atoms. The molecule has 0 spiro atoms. The van der Waals surface area contributed by atoms with Gasteiger partial charge in [0.1, 0.15) is 0 Å². The SMILES string of the molecule is C=C(C)[C@@H]1CC[C@]2(C)S[P@@](=S)(Sc3c(F)c(F)c(F)c(F)c3F)O[C@H]2C1. The highest BCUT2D eigenvalue weighted by molar-refractivity contribution is 8.99. The van der Waals surface area contributed by atoms with Crippen LogP contribution in [0.3, 0.4) is 0 Å². The Balaban J connectivity index is 1.91. The Morgan fingerprint density at radius 1 is 1.19 bits per heavy atom. The molecular weight excluding hydrogens is 430 g/mol. The summed E-state index contributed by atoms with van der Waals surface area (Å²) in [6.07, 6.45) is 2.15. The smallest absolute Gasteiger partial charge is 0.200 e. The molecule has 144 valence electrons. The number of fused-ring (bicyclic) bond motifs is 1. The minimum absolute atomic E-state index is 0.234. The first-order chi connectivity index (χ1) is 12.0. The van der Waals surface area contributed by atoms with Crippen molar-refractivity contribution in [1.82, 2.24) is 0 Å². The van der Waals surface area contributed by atoms with Gasteiger partial charge in [-0.1, -0.05) is 23.5 Å². The predicted octanol–water partition coefficient (Wildman–Crippen LogP) is 6.97. The van der Waals surface area contributed by atoms with Crippen LogP contribution in [0.2, 0.25) is 0 Å². The minimum Gasteiger partial charge on any atom is -0.329 e. The molecule has 4 atom stereocenters. The lowest BCUT2D eigenvalue weighted by molar-refractivity contribution is 0.129. The van der Waals surface area contributed by atoms with Gasteiger partial charge in [-0.3, -0.25) is 0 Å². The van der Waals surface area contributed by atoms with E-state index in [-0.39, 0.29) is 16.8 Å². The molecule has 1 aliphatic carbocycles. The fourth-order valence-corrected chi connectivity index (χ4v) is 14.9. The third-order valence-electron chi connectivity index (χ3n) is 4.82. The van der Waals surface area contributed by atoms with E-state index in [9.17, 15) is 22.0 Å². The Hall–Kier alpha value is -0.0800. The van der Waals surface area contributed by atoms with Gasteiger partial charge < -0.3 is 4.52 Å². The molecule has 0 amide bonds. The molecule has 0 bridgehead atoms. The van der Waals surface area contributed by atoms with Crippen molar-refractivity contribution in [3.8, 4) is 0 Å². The second-order valence-electron chi connectivity index (χ2n) is 6.75. The summed E-state index contributed by atoms with van der Waals surface area (Å²) in [6, 6.07) is 0. The van der Waals surface area contributed by atoms with Gasteiger partial charge in [0.25, 0.3) is 0 Å². The maximum atomic E-state index is 14.0. The summed E-state index contributed by atoms with van der Waals surface area (Å²) >= 11 is 7.27. The number of halogens is 5. The van der Waals surface area contributed by atoms with Crippen LogP contribution >= 0.6 is 27.4 Å². The average Bonchev–Trinajstić information content (AvgIpc) is 2.84. The van der Waals surface area contributed by atoms with Crippen molar-refractivity contribution in [3.63, 3.8) is 0 Å². The van der Waals surface area contributed by atoms with Crippen LogP contribution in [0.5, 0.6) is 0 Å². The fourth-order valence-electron chi connectivity index (χ4n) is 3.20. The number of hydrogen-bond donors (Lipinski definition) is 0. The van der Waals surface area contributed by atoms with Crippen molar-refractivity contribution in [2.24, 2.45) is 5.92 Å². The van der Waals surface area contributed by atoms with Crippen LogP contribution < -0.4 is 0 Å². The van der Waals surface area contributed by atoms with Crippen LogP contribution in [0.1, 0.15) is 33.1 Å². The molecule has 2 fully saturated rings. The molecule has 1 aromatic carbocycles. The van der Waals surface area contributed by atoms with Gasteiger partial charge in [-0.15, -0.1) is 0 Å². The van der Waals surface area contributed by atoms with Crippen LogP contribution in [-0.2, 0) is 16.3 Å². The fraction of sp³-hybridized carbons (Fsp3) is 0.500. The van der Waals surface area contributed by atoms with E-state index in [1.165, 1.54) is 11.4 Å². The molecule has 1 aliphatic heterocycles. The summed E-state index contributed by atoms with van der Waals surface area (Å²) in [4.78, 5) is -0.962. The van der Waals surface area contributed by atoms with Crippen LogP contribution in [-0.4, -0.2) is 10.9 Å². The first-order valence-electron chi connectivity index (χ1n) is 7.83. The number of allylic oxidation sites excluding steroid dienone is 1. The van der Waals surface area contributed by atoms with Gasteiger partial charge in [-0.2, -0.15) is 0 Å². The van der Waals surface area contributed by atoms with Crippen molar-refractivity contribution in [3.05, 3.63) is 41.2 Å². The Labute approximate surface area is 161 Å². The lowest BCUT2D eigenvalue weighted by Gasteiger charge is -2.37. The quantitative estimate of drug-likeness (QED) is 0.163. The molecule has 1 saturated carbocycles. The van der Waals surface area contributed by atoms with E-state index < -0.39 is 38.7 Å². The maximum Gasteiger partial charge on any atom is 0.200 e. The zero-order valence-electron chi connectivity index (χ0n) is 14.0. The van der Waals surface area contributed by atoms with E-state index in [4.69, 9.17) is 16.3 Å². The van der Waals surface area contributed by atoms with Gasteiger partial charge in [0.2, 0.25) is 5.82 Å². The van der Waals surface area contributed by atoms with Crippen molar-refractivity contribution in [1.29, 1.82) is 0 Å². The molecule has 1 aromatic rings. The maximum absolute atomic E-state index is 14.0. The zero-order chi connectivity index (χ0) is 19.4. The largest absolute Gasteiger partial charge is 0.329 e. The summed E-state index contributed by atoms with van der Waals surface area (Å²) in [7, 11) is 0. The lowest BCUT2D eigenvalue weighted by atomic mass is 9.77. The molecule has 0 radical (unpaired) electrons. The molecule has 3 rings (SSSR count). The summed E-state index contributed by atoms with van der Waals surface area (Å²) in [5, 5.41) is 0. The van der Waals surface area contributed by atoms with Gasteiger partial charge in [-0.05, 0) is 62.2 Å². The first-order valence-corrected chi connectivity index (χ1v) is 13.4. The highest BCUT2D eigenvalue weighted by Crippen LogP contribution is 2.82. The van der Waals surface area contributed by atoms with Crippen molar-refractivity contribution in [2.45, 2.75) is 48.9 Å². The van der Waals surface area contributed by atoms with Crippen molar-refractivity contribution >= 4 is 39.2 Å². The lowest BCUT2D eigenvalue weighted by Crippen LogP contribution is -2.39. The van der Waals surface area contributed by atoms with Gasteiger partial charge in [0.15, 0.2) is 27.9 Å². The standard InChI is InChI=1S/C16H16F5OPS3/c1-7(2)8-4-5-16(3)9(6-8)22-23(24,26-16)25-15-13(20)11(18)10(17)12(19)14(15)21/h8-9H,1,4-6H2,2-3H3/t8-,9+,16+,23+/m1/s1. The Kier molecular flexibility index (Phi) is 5.61. The second-order valence-corrected chi connectivity index (χ2v) is 17.4. The third-order valence-corrected chi connectivity index (χ3v) is 13.8. The predicted molar refractivity (Wildman–Crippen MR) is 99.4 cm³/mol. The van der Waals surface area contributed by atoms with E-state index in [0.29, 0.717) is 17.8 Å². The normalized spacial score (nSPS) is 34.0. The molecule has 0 N–H and O–H groups in total. The molecule has 1 heterocycles. The molecule has 0 unspecified atom stereocenters. The van der Waals surface area contributed by atoms with Gasteiger partial charge in [0.05, 0.1) is 11.0 Å². The number of benzene rings is 1. The Morgan fingerprint density at radius 2 is 1.73 bits per heavy atom. The minimum atomic E-state index is -2.93. The van der Waals surface area contributed by atoms with E-state index in [0.717, 1.165) is 18.4 Å². The molecule has 1 nitrogen and oxygen atoms in total. The van der Waals surface area contributed by atoms with E-state index in [2.05, 4.69) is 6.58 Å². The zero-order valence-corrected chi connectivity index (χ0v) is 17.3. The molecule has 1 saturated heterocycles. The first kappa shape index (κ1) is 20.6. The average molecular weight is 446 g/mol. The highest BCUT2D eigenvalue weighted by Gasteiger charge is 2.53. The molecule has 10 heteroatoms. The third kappa shape index (κ3) is 3.50. The van der Waals surface area contributed by atoms with Crippen molar-refractivity contribution in [2.75, 3.05) is 0 Å². The van der Waals surface area contributed by atoms with E-state index in [1.54, 1.807) is 0 Å². The van der Waals surface area contributed by atoms with E-state index >= 15 is 0 Å². The summed E-state index contributed by atoms with van der Waals surface area (Å²) in [5.41, 5.74) is 1.04. The van der Waals surface area contributed by atoms with Crippen molar-refractivity contribution < 1.29 is 26.5 Å². The van der Waals surface area contributed by atoms with E-state index in [1.807, 2.05) is 13.8 Å². The topological polar surface area (TPSA) is 9.23 Å². The second kappa shape index (κ2) is 7.07. The van der Waals surface area contributed by atoms with Crippen LogP contribution in [0.4, 0.5) is 22.0 Å². The van der Waals surface area contributed by atoms with Crippen LogP contribution in [0.25, 0.3) is 0 Å². The van der Waals surface area contributed by atoms with Gasteiger partial charge in [0, 0.05) is 4.75 Å². The Bertz CT molecular complexity index is 804. The monoisotopic (exact) mass is 446 g/mol. The highest BCUT2D eigenvalue weighted by atomic mass is 33.2. The Morgan fingerprint density at radius 3 is 2.27 bits per heavy atom. The molecular formula is C16H16F5OPS3. The van der Waals surface area contributed by atoms with Crippen LogP contribution in [0.15, 0.2) is 17.0 Å². The molecule has 2 aliphatic rings.